The Labute approximate surface area is 199 Å². The summed E-state index contributed by atoms with van der Waals surface area (Å²) in [7, 11) is -1.95. The molecule has 2 heterocycles. The fraction of sp³-hybridized carbons (Fsp3) is 0.500. The van der Waals surface area contributed by atoms with Crippen LogP contribution in [0.25, 0.3) is 11.3 Å². The maximum absolute atomic E-state index is 13.4. The Kier molecular flexibility index (Phi) is 6.47. The van der Waals surface area contributed by atoms with E-state index in [1.165, 1.54) is 18.2 Å². The molecule has 1 fully saturated rings. The van der Waals surface area contributed by atoms with Crippen LogP contribution in [0.15, 0.2) is 39.3 Å². The number of benzene rings is 1. The first kappa shape index (κ1) is 24.3. The van der Waals surface area contributed by atoms with Gasteiger partial charge in [-0.15, -0.1) is 10.2 Å². The number of aromatic nitrogens is 3. The van der Waals surface area contributed by atoms with Crippen LogP contribution in [0.5, 0.6) is 0 Å². The number of carbonyl (C=O) groups is 1. The van der Waals surface area contributed by atoms with Crippen molar-refractivity contribution in [2.45, 2.75) is 76.7 Å². The van der Waals surface area contributed by atoms with Crippen molar-refractivity contribution >= 4 is 14.2 Å². The minimum atomic E-state index is -1.95. The molecule has 0 unspecified atom stereocenters. The molecular formula is C24H31FN4O4Si. The number of hydrogen-bond donors (Lipinski definition) is 1. The second kappa shape index (κ2) is 9.07. The second-order valence-corrected chi connectivity index (χ2v) is 15.2. The van der Waals surface area contributed by atoms with Crippen LogP contribution in [0, 0.1) is 5.82 Å². The molecule has 3 aromatic rings. The van der Waals surface area contributed by atoms with Gasteiger partial charge in [-0.3, -0.25) is 4.79 Å². The van der Waals surface area contributed by atoms with Crippen LogP contribution in [-0.4, -0.2) is 35.6 Å². The lowest BCUT2D eigenvalue weighted by atomic mass is 9.80. The Balaban J connectivity index is 1.30. The third-order valence-corrected chi connectivity index (χ3v) is 11.3. The predicted octanol–water partition coefficient (Wildman–Crippen LogP) is 5.62. The average molecular weight is 487 g/mol. The van der Waals surface area contributed by atoms with Crippen LogP contribution in [0.2, 0.25) is 18.1 Å². The van der Waals surface area contributed by atoms with Crippen molar-refractivity contribution in [3.8, 4) is 11.3 Å². The summed E-state index contributed by atoms with van der Waals surface area (Å²) in [6.45, 7) is 12.9. The van der Waals surface area contributed by atoms with E-state index in [-0.39, 0.29) is 40.5 Å². The zero-order chi connectivity index (χ0) is 24.7. The molecule has 0 spiro atoms. The molecule has 1 aliphatic rings. The summed E-state index contributed by atoms with van der Waals surface area (Å²) in [4.78, 5) is 12.5. The molecule has 8 nitrogen and oxygen atoms in total. The zero-order valence-corrected chi connectivity index (χ0v) is 21.4. The van der Waals surface area contributed by atoms with Crippen LogP contribution in [-0.2, 0) is 4.43 Å². The van der Waals surface area contributed by atoms with Crippen molar-refractivity contribution < 1.29 is 22.6 Å². The molecule has 1 aliphatic carbocycles. The molecule has 10 heteroatoms. The highest BCUT2D eigenvalue weighted by atomic mass is 28.4. The van der Waals surface area contributed by atoms with Gasteiger partial charge in [-0.05, 0) is 50.0 Å². The van der Waals surface area contributed by atoms with Crippen LogP contribution >= 0.6 is 0 Å². The van der Waals surface area contributed by atoms with Crippen LogP contribution in [0.4, 0.5) is 4.39 Å². The number of nitrogens with zero attached hydrogens (tertiary/aromatic N) is 3. The SMILES string of the molecule is C[C@@H](O[Si](C)(C)C(C)(C)C)c1nnc([C@H]2C[C@H](NC(=O)c3cc(-c4cccc(F)c4)on3)C2)o1. The average Bonchev–Trinajstić information content (AvgIpc) is 3.39. The lowest BCUT2D eigenvalue weighted by Gasteiger charge is -2.37. The highest BCUT2D eigenvalue weighted by Crippen LogP contribution is 2.40. The number of carbonyl (C=O) groups excluding carboxylic acids is 1. The van der Waals surface area contributed by atoms with Gasteiger partial charge in [0.2, 0.25) is 11.8 Å². The molecule has 1 atom stereocenters. The topological polar surface area (TPSA) is 103 Å². The van der Waals surface area contributed by atoms with E-state index in [2.05, 4.69) is 54.5 Å². The van der Waals surface area contributed by atoms with Gasteiger partial charge >= 0.3 is 0 Å². The van der Waals surface area contributed by atoms with Gasteiger partial charge in [0.25, 0.3) is 5.91 Å². The van der Waals surface area contributed by atoms with E-state index in [1.54, 1.807) is 12.1 Å². The summed E-state index contributed by atoms with van der Waals surface area (Å²) < 4.78 is 30.9. The Morgan fingerprint density at radius 2 is 1.97 bits per heavy atom. The maximum Gasteiger partial charge on any atom is 0.273 e. The van der Waals surface area contributed by atoms with E-state index in [1.807, 2.05) is 6.92 Å². The summed E-state index contributed by atoms with van der Waals surface area (Å²) in [5.74, 6) is 0.763. The summed E-state index contributed by atoms with van der Waals surface area (Å²) in [5, 5.41) is 15.3. The number of amides is 1. The summed E-state index contributed by atoms with van der Waals surface area (Å²) >= 11 is 0. The Morgan fingerprint density at radius 3 is 2.65 bits per heavy atom. The molecule has 4 rings (SSSR count). The van der Waals surface area contributed by atoms with Gasteiger partial charge < -0.3 is 18.7 Å². The smallest absolute Gasteiger partial charge is 0.273 e. The van der Waals surface area contributed by atoms with Crippen molar-refractivity contribution in [3.63, 3.8) is 0 Å². The highest BCUT2D eigenvalue weighted by molar-refractivity contribution is 6.74. The second-order valence-electron chi connectivity index (χ2n) is 10.4. The lowest BCUT2D eigenvalue weighted by Crippen LogP contribution is -2.43. The number of halogens is 1. The van der Waals surface area contributed by atoms with Crippen molar-refractivity contribution in [1.29, 1.82) is 0 Å². The molecule has 0 radical (unpaired) electrons. The molecule has 0 bridgehead atoms. The van der Waals surface area contributed by atoms with Crippen molar-refractivity contribution in [2.75, 3.05) is 0 Å². The van der Waals surface area contributed by atoms with Crippen LogP contribution < -0.4 is 5.32 Å². The Morgan fingerprint density at radius 1 is 1.24 bits per heavy atom. The Bertz CT molecular complexity index is 1160. The van der Waals surface area contributed by atoms with E-state index < -0.39 is 8.32 Å². The predicted molar refractivity (Wildman–Crippen MR) is 126 cm³/mol. The first-order chi connectivity index (χ1) is 15.9. The van der Waals surface area contributed by atoms with Gasteiger partial charge in [0.1, 0.15) is 11.9 Å². The molecule has 1 saturated carbocycles. The molecule has 182 valence electrons. The quantitative estimate of drug-likeness (QED) is 0.432. The van der Waals surface area contributed by atoms with Gasteiger partial charge in [-0.2, -0.15) is 0 Å². The van der Waals surface area contributed by atoms with Crippen LogP contribution in [0.3, 0.4) is 0 Å². The van der Waals surface area contributed by atoms with Crippen molar-refractivity contribution in [3.05, 3.63) is 53.6 Å². The Hall–Kier alpha value is -2.85. The summed E-state index contributed by atoms with van der Waals surface area (Å²) in [6.07, 6.45) is 1.12. The van der Waals surface area contributed by atoms with E-state index in [0.717, 1.165) is 0 Å². The first-order valence-corrected chi connectivity index (χ1v) is 14.4. The summed E-state index contributed by atoms with van der Waals surface area (Å²) in [6, 6.07) is 7.42. The monoisotopic (exact) mass is 486 g/mol. The molecular weight excluding hydrogens is 455 g/mol. The first-order valence-electron chi connectivity index (χ1n) is 11.5. The minimum absolute atomic E-state index is 0.0249. The maximum atomic E-state index is 13.4. The van der Waals surface area contributed by atoms with Gasteiger partial charge in [0.15, 0.2) is 19.8 Å². The lowest BCUT2D eigenvalue weighted by molar-refractivity contribution is 0.0892. The minimum Gasteiger partial charge on any atom is -0.422 e. The van der Waals surface area contributed by atoms with Crippen LogP contribution in [0.1, 0.15) is 74.8 Å². The third-order valence-electron chi connectivity index (χ3n) is 6.76. The highest BCUT2D eigenvalue weighted by Gasteiger charge is 2.40. The van der Waals surface area contributed by atoms with Gasteiger partial charge in [-0.1, -0.05) is 38.1 Å². The fourth-order valence-corrected chi connectivity index (χ4v) is 4.94. The number of rotatable bonds is 7. The molecule has 0 saturated heterocycles. The third kappa shape index (κ3) is 5.12. The van der Waals surface area contributed by atoms with E-state index >= 15 is 0 Å². The molecule has 34 heavy (non-hydrogen) atoms. The molecule has 1 amide bonds. The van der Waals surface area contributed by atoms with Crippen molar-refractivity contribution in [1.82, 2.24) is 20.7 Å². The normalized spacial score (nSPS) is 19.5. The largest absolute Gasteiger partial charge is 0.422 e. The summed E-state index contributed by atoms with van der Waals surface area (Å²) in [5.41, 5.74) is 0.675. The fourth-order valence-electron chi connectivity index (χ4n) is 3.60. The zero-order valence-electron chi connectivity index (χ0n) is 20.4. The van der Waals surface area contributed by atoms with Gasteiger partial charge in [0.05, 0.1) is 0 Å². The molecule has 1 N–H and O–H groups in total. The van der Waals surface area contributed by atoms with E-state index in [9.17, 15) is 9.18 Å². The van der Waals surface area contributed by atoms with Crippen molar-refractivity contribution in [2.24, 2.45) is 0 Å². The molecule has 1 aromatic carbocycles. The van der Waals surface area contributed by atoms with E-state index in [0.29, 0.717) is 35.9 Å². The number of nitrogens with one attached hydrogen (secondary N) is 1. The van der Waals surface area contributed by atoms with Gasteiger partial charge in [-0.25, -0.2) is 4.39 Å². The molecule has 0 aliphatic heterocycles. The van der Waals surface area contributed by atoms with Gasteiger partial charge in [0, 0.05) is 23.6 Å². The standard InChI is InChI=1S/C24H31FN4O4Si/c1-14(33-34(5,6)24(2,3)4)22-27-28-23(31-22)16-11-18(12-16)26-21(30)19-13-20(32-29-19)15-8-7-9-17(25)10-15/h7-10,13-14,16,18H,11-12H2,1-6H3,(H,26,30)/t14-,16-,18-/m1/s1. The number of hydrogen-bond acceptors (Lipinski definition) is 7. The van der Waals surface area contributed by atoms with E-state index in [4.69, 9.17) is 13.4 Å². The molecule has 2 aromatic heterocycles.